The fourth-order valence-electron chi connectivity index (χ4n) is 2.41. The molecular weight excluding hydrogens is 324 g/mol. The van der Waals surface area contributed by atoms with E-state index in [2.05, 4.69) is 11.6 Å². The molecular formula is C18H30N2O3S. The third-order valence-electron chi connectivity index (χ3n) is 3.92. The lowest BCUT2D eigenvalue weighted by atomic mass is 10.1. The summed E-state index contributed by atoms with van der Waals surface area (Å²) in [6.45, 7) is 10.4. The molecule has 24 heavy (non-hydrogen) atoms. The standard InChI is InChI=1S/C18H30N2O3S/c1-6-8-12-20(15(5)7-2)18(21)16-10-9-11-17(13-16)24(22,23)19-14(3)4/h9-11,13-15,19H,6-8,12H2,1-5H3. The molecule has 0 fully saturated rings. The summed E-state index contributed by atoms with van der Waals surface area (Å²) >= 11 is 0. The van der Waals surface area contributed by atoms with Crippen molar-refractivity contribution in [3.63, 3.8) is 0 Å². The van der Waals surface area contributed by atoms with Crippen LogP contribution in [-0.2, 0) is 10.0 Å². The molecule has 0 heterocycles. The summed E-state index contributed by atoms with van der Waals surface area (Å²) in [5.41, 5.74) is 0.415. The van der Waals surface area contributed by atoms with Gasteiger partial charge in [0.2, 0.25) is 10.0 Å². The van der Waals surface area contributed by atoms with E-state index in [0.29, 0.717) is 12.1 Å². The molecule has 1 rings (SSSR count). The highest BCUT2D eigenvalue weighted by Crippen LogP contribution is 2.16. The van der Waals surface area contributed by atoms with E-state index in [1.807, 2.05) is 18.7 Å². The first-order valence-electron chi connectivity index (χ1n) is 8.66. The molecule has 0 bridgehead atoms. The molecule has 1 N–H and O–H groups in total. The van der Waals surface area contributed by atoms with Gasteiger partial charge in [-0.3, -0.25) is 4.79 Å². The zero-order chi connectivity index (χ0) is 18.3. The Morgan fingerprint density at radius 3 is 2.42 bits per heavy atom. The smallest absolute Gasteiger partial charge is 0.254 e. The lowest BCUT2D eigenvalue weighted by Crippen LogP contribution is -2.39. The number of benzene rings is 1. The molecule has 136 valence electrons. The van der Waals surface area contributed by atoms with Crippen molar-refractivity contribution in [2.24, 2.45) is 0 Å². The first-order valence-corrected chi connectivity index (χ1v) is 10.1. The van der Waals surface area contributed by atoms with Crippen molar-refractivity contribution < 1.29 is 13.2 Å². The zero-order valence-corrected chi connectivity index (χ0v) is 16.2. The number of nitrogens with one attached hydrogen (secondary N) is 1. The monoisotopic (exact) mass is 354 g/mol. The van der Waals surface area contributed by atoms with Crippen LogP contribution in [0.1, 0.15) is 64.2 Å². The molecule has 0 aromatic heterocycles. The van der Waals surface area contributed by atoms with Gasteiger partial charge < -0.3 is 4.90 Å². The lowest BCUT2D eigenvalue weighted by molar-refractivity contribution is 0.0685. The van der Waals surface area contributed by atoms with Crippen molar-refractivity contribution in [1.29, 1.82) is 0 Å². The number of nitrogens with zero attached hydrogens (tertiary/aromatic N) is 1. The first kappa shape index (κ1) is 20.6. The maximum absolute atomic E-state index is 12.9. The second-order valence-electron chi connectivity index (χ2n) is 6.41. The van der Waals surface area contributed by atoms with E-state index in [1.165, 1.54) is 12.1 Å². The van der Waals surface area contributed by atoms with E-state index in [1.54, 1.807) is 26.0 Å². The second kappa shape index (κ2) is 9.18. The highest BCUT2D eigenvalue weighted by Gasteiger charge is 2.22. The van der Waals surface area contributed by atoms with Gasteiger partial charge in [0.1, 0.15) is 0 Å². The molecule has 1 aromatic carbocycles. The van der Waals surface area contributed by atoms with Crippen LogP contribution < -0.4 is 4.72 Å². The summed E-state index contributed by atoms with van der Waals surface area (Å²) in [4.78, 5) is 14.8. The Morgan fingerprint density at radius 1 is 1.21 bits per heavy atom. The van der Waals surface area contributed by atoms with Gasteiger partial charge in [-0.15, -0.1) is 0 Å². The number of sulfonamides is 1. The number of carbonyl (C=O) groups excluding carboxylic acids is 1. The maximum atomic E-state index is 12.9. The van der Waals surface area contributed by atoms with Crippen LogP contribution in [-0.4, -0.2) is 37.9 Å². The minimum Gasteiger partial charge on any atom is -0.336 e. The molecule has 5 nitrogen and oxygen atoms in total. The molecule has 6 heteroatoms. The Morgan fingerprint density at radius 2 is 1.88 bits per heavy atom. The summed E-state index contributed by atoms with van der Waals surface area (Å²) in [7, 11) is -3.60. The van der Waals surface area contributed by atoms with Crippen molar-refractivity contribution in [3.8, 4) is 0 Å². The van der Waals surface area contributed by atoms with Crippen LogP contribution >= 0.6 is 0 Å². The van der Waals surface area contributed by atoms with E-state index in [4.69, 9.17) is 0 Å². The Balaban J connectivity index is 3.12. The van der Waals surface area contributed by atoms with Crippen LogP contribution in [0.4, 0.5) is 0 Å². The average molecular weight is 355 g/mol. The number of rotatable bonds is 9. The molecule has 0 radical (unpaired) electrons. The van der Waals surface area contributed by atoms with Crippen molar-refractivity contribution in [3.05, 3.63) is 29.8 Å². The third kappa shape index (κ3) is 5.60. The van der Waals surface area contributed by atoms with Crippen LogP contribution in [0.3, 0.4) is 0 Å². The molecule has 1 aromatic rings. The number of hydrogen-bond donors (Lipinski definition) is 1. The molecule has 1 unspecified atom stereocenters. The number of amides is 1. The highest BCUT2D eigenvalue weighted by atomic mass is 32.2. The van der Waals surface area contributed by atoms with E-state index >= 15 is 0 Å². The van der Waals surface area contributed by atoms with Gasteiger partial charge in [0.05, 0.1) is 4.90 Å². The van der Waals surface area contributed by atoms with Crippen LogP contribution in [0.2, 0.25) is 0 Å². The van der Waals surface area contributed by atoms with Gasteiger partial charge in [-0.05, 0) is 51.8 Å². The zero-order valence-electron chi connectivity index (χ0n) is 15.4. The molecule has 0 saturated carbocycles. The predicted molar refractivity (Wildman–Crippen MR) is 97.6 cm³/mol. The number of carbonyl (C=O) groups is 1. The van der Waals surface area contributed by atoms with E-state index in [9.17, 15) is 13.2 Å². The van der Waals surface area contributed by atoms with Crippen LogP contribution in [0.25, 0.3) is 0 Å². The van der Waals surface area contributed by atoms with Crippen LogP contribution in [0.5, 0.6) is 0 Å². The number of unbranched alkanes of at least 4 members (excludes halogenated alkanes) is 1. The fourth-order valence-corrected chi connectivity index (χ4v) is 3.71. The van der Waals surface area contributed by atoms with Gasteiger partial charge in [-0.1, -0.05) is 26.3 Å². The SMILES string of the molecule is CCCCN(C(=O)c1cccc(S(=O)(=O)NC(C)C)c1)C(C)CC. The van der Waals surface area contributed by atoms with Crippen LogP contribution in [0, 0.1) is 0 Å². The number of hydrogen-bond acceptors (Lipinski definition) is 3. The summed E-state index contributed by atoms with van der Waals surface area (Å²) in [5.74, 6) is -0.112. The lowest BCUT2D eigenvalue weighted by Gasteiger charge is -2.29. The Hall–Kier alpha value is -1.40. The van der Waals surface area contributed by atoms with Gasteiger partial charge >= 0.3 is 0 Å². The van der Waals surface area contributed by atoms with Crippen LogP contribution in [0.15, 0.2) is 29.2 Å². The van der Waals surface area contributed by atoms with Gasteiger partial charge in [-0.2, -0.15) is 0 Å². The molecule has 0 aliphatic heterocycles. The highest BCUT2D eigenvalue weighted by molar-refractivity contribution is 7.89. The summed E-state index contributed by atoms with van der Waals surface area (Å²) in [5, 5.41) is 0. The summed E-state index contributed by atoms with van der Waals surface area (Å²) in [6, 6.07) is 6.21. The van der Waals surface area contributed by atoms with Gasteiger partial charge in [0.15, 0.2) is 0 Å². The molecule has 1 amide bonds. The predicted octanol–water partition coefficient (Wildman–Crippen LogP) is 3.41. The molecule has 0 saturated heterocycles. The van der Waals surface area contributed by atoms with Crippen molar-refractivity contribution in [2.75, 3.05) is 6.54 Å². The maximum Gasteiger partial charge on any atom is 0.254 e. The Kier molecular flexibility index (Phi) is 7.90. The van der Waals surface area contributed by atoms with Crippen molar-refractivity contribution in [2.45, 2.75) is 70.9 Å². The average Bonchev–Trinajstić information content (AvgIpc) is 2.53. The topological polar surface area (TPSA) is 66.5 Å². The fraction of sp³-hybridized carbons (Fsp3) is 0.611. The van der Waals surface area contributed by atoms with Gasteiger partial charge in [0.25, 0.3) is 5.91 Å². The normalized spacial score (nSPS) is 13.1. The summed E-state index contributed by atoms with van der Waals surface area (Å²) < 4.78 is 27.2. The van der Waals surface area contributed by atoms with E-state index < -0.39 is 10.0 Å². The van der Waals surface area contributed by atoms with E-state index in [0.717, 1.165) is 19.3 Å². The minimum absolute atomic E-state index is 0.112. The second-order valence-corrected chi connectivity index (χ2v) is 8.13. The van der Waals surface area contributed by atoms with E-state index in [-0.39, 0.29) is 22.9 Å². The Bertz CT molecular complexity index is 641. The first-order chi connectivity index (χ1) is 11.2. The Labute approximate surface area is 146 Å². The van der Waals surface area contributed by atoms with Crippen molar-refractivity contribution >= 4 is 15.9 Å². The molecule has 0 spiro atoms. The minimum atomic E-state index is -3.60. The molecule has 0 aliphatic rings. The summed E-state index contributed by atoms with van der Waals surface area (Å²) in [6.07, 6.45) is 2.80. The molecule has 0 aliphatic carbocycles. The molecule has 1 atom stereocenters. The van der Waals surface area contributed by atoms with Gasteiger partial charge in [0, 0.05) is 24.2 Å². The van der Waals surface area contributed by atoms with Crippen molar-refractivity contribution in [1.82, 2.24) is 9.62 Å². The largest absolute Gasteiger partial charge is 0.336 e. The quantitative estimate of drug-likeness (QED) is 0.739. The third-order valence-corrected chi connectivity index (χ3v) is 5.57. The van der Waals surface area contributed by atoms with Gasteiger partial charge in [-0.25, -0.2) is 13.1 Å².